The SMILES string of the molecule is Cc1ccccc1NC(=O)CSc1nnc(C)c(=O)n1N. The second kappa shape index (κ2) is 6.40. The van der Waals surface area contributed by atoms with E-state index in [-0.39, 0.29) is 22.5 Å². The highest BCUT2D eigenvalue weighted by Gasteiger charge is 2.10. The number of nitrogens with one attached hydrogen (secondary N) is 1. The van der Waals surface area contributed by atoms with E-state index in [1.807, 2.05) is 31.2 Å². The number of nitrogens with two attached hydrogens (primary N) is 1. The minimum Gasteiger partial charge on any atom is -0.334 e. The van der Waals surface area contributed by atoms with Gasteiger partial charge in [-0.15, -0.1) is 10.2 Å². The Labute approximate surface area is 125 Å². The maximum absolute atomic E-state index is 11.9. The van der Waals surface area contributed by atoms with Crippen molar-refractivity contribution in [1.82, 2.24) is 14.9 Å². The first kappa shape index (κ1) is 15.0. The summed E-state index contributed by atoms with van der Waals surface area (Å²) in [7, 11) is 0. The van der Waals surface area contributed by atoms with Gasteiger partial charge in [-0.25, -0.2) is 0 Å². The predicted molar refractivity (Wildman–Crippen MR) is 81.7 cm³/mol. The number of anilines is 1. The molecule has 0 aliphatic rings. The molecule has 0 bridgehead atoms. The fourth-order valence-electron chi connectivity index (χ4n) is 1.60. The molecule has 0 fully saturated rings. The van der Waals surface area contributed by atoms with E-state index in [1.54, 1.807) is 0 Å². The van der Waals surface area contributed by atoms with Gasteiger partial charge < -0.3 is 11.2 Å². The molecule has 2 aromatic rings. The molecule has 21 heavy (non-hydrogen) atoms. The van der Waals surface area contributed by atoms with E-state index in [4.69, 9.17) is 5.84 Å². The van der Waals surface area contributed by atoms with Crippen LogP contribution in [0.15, 0.2) is 34.2 Å². The Hall–Kier alpha value is -2.35. The molecule has 0 saturated carbocycles. The van der Waals surface area contributed by atoms with E-state index >= 15 is 0 Å². The molecule has 110 valence electrons. The second-order valence-corrected chi connectivity index (χ2v) is 5.34. The number of thioether (sulfide) groups is 1. The Morgan fingerprint density at radius 3 is 2.76 bits per heavy atom. The molecule has 8 heteroatoms. The number of carbonyl (C=O) groups is 1. The van der Waals surface area contributed by atoms with Gasteiger partial charge in [-0.1, -0.05) is 30.0 Å². The summed E-state index contributed by atoms with van der Waals surface area (Å²) in [5, 5.41) is 10.5. The van der Waals surface area contributed by atoms with Gasteiger partial charge in [-0.05, 0) is 25.5 Å². The highest BCUT2D eigenvalue weighted by atomic mass is 32.2. The summed E-state index contributed by atoms with van der Waals surface area (Å²) in [6.45, 7) is 3.43. The van der Waals surface area contributed by atoms with Gasteiger partial charge in [0.2, 0.25) is 11.1 Å². The number of hydrogen-bond acceptors (Lipinski definition) is 6. The molecule has 0 atom stereocenters. The molecule has 0 saturated heterocycles. The molecule has 3 N–H and O–H groups in total. The Balaban J connectivity index is 2.01. The van der Waals surface area contributed by atoms with Crippen LogP contribution in [0.4, 0.5) is 5.69 Å². The third-order valence-electron chi connectivity index (χ3n) is 2.77. The minimum atomic E-state index is -0.424. The molecule has 1 heterocycles. The van der Waals surface area contributed by atoms with Crippen molar-refractivity contribution in [3.63, 3.8) is 0 Å². The minimum absolute atomic E-state index is 0.0860. The van der Waals surface area contributed by atoms with E-state index in [0.29, 0.717) is 0 Å². The Kier molecular flexibility index (Phi) is 4.59. The molecule has 0 aliphatic carbocycles. The number of aryl methyl sites for hydroxylation is 2. The lowest BCUT2D eigenvalue weighted by molar-refractivity contribution is -0.113. The number of hydrogen-bond donors (Lipinski definition) is 2. The van der Waals surface area contributed by atoms with Gasteiger partial charge in [0.1, 0.15) is 5.69 Å². The van der Waals surface area contributed by atoms with Gasteiger partial charge in [0.05, 0.1) is 5.75 Å². The first-order valence-corrected chi connectivity index (χ1v) is 7.17. The topological polar surface area (TPSA) is 103 Å². The molecule has 0 spiro atoms. The summed E-state index contributed by atoms with van der Waals surface area (Å²) in [5.41, 5.74) is 1.52. The van der Waals surface area contributed by atoms with Crippen LogP contribution < -0.4 is 16.7 Å². The molecule has 1 aromatic carbocycles. The predicted octanol–water partition coefficient (Wildman–Crippen LogP) is 0.700. The van der Waals surface area contributed by atoms with Gasteiger partial charge in [0, 0.05) is 5.69 Å². The van der Waals surface area contributed by atoms with E-state index in [2.05, 4.69) is 15.5 Å². The van der Waals surface area contributed by atoms with E-state index in [0.717, 1.165) is 27.7 Å². The van der Waals surface area contributed by atoms with Gasteiger partial charge >= 0.3 is 0 Å². The van der Waals surface area contributed by atoms with Gasteiger partial charge in [0.25, 0.3) is 5.56 Å². The standard InChI is InChI=1S/C13H15N5O2S/c1-8-5-3-4-6-10(8)15-11(19)7-21-13-17-16-9(2)12(20)18(13)14/h3-6H,7,14H2,1-2H3,(H,15,19). The molecular weight excluding hydrogens is 290 g/mol. The Morgan fingerprint density at radius 1 is 1.33 bits per heavy atom. The number of amides is 1. The number of para-hydroxylation sites is 1. The van der Waals surface area contributed by atoms with Crippen LogP contribution in [0.25, 0.3) is 0 Å². The van der Waals surface area contributed by atoms with Crippen LogP contribution in [-0.2, 0) is 4.79 Å². The van der Waals surface area contributed by atoms with Crippen molar-refractivity contribution in [2.24, 2.45) is 0 Å². The van der Waals surface area contributed by atoms with Crippen LogP contribution in [0.2, 0.25) is 0 Å². The molecule has 1 aromatic heterocycles. The lowest BCUT2D eigenvalue weighted by atomic mass is 10.2. The lowest BCUT2D eigenvalue weighted by Gasteiger charge is -2.08. The van der Waals surface area contributed by atoms with Crippen molar-refractivity contribution in [3.8, 4) is 0 Å². The number of aromatic nitrogens is 3. The summed E-state index contributed by atoms with van der Waals surface area (Å²) in [4.78, 5) is 23.5. The van der Waals surface area contributed by atoms with Crippen LogP contribution >= 0.6 is 11.8 Å². The smallest absolute Gasteiger partial charge is 0.294 e. The second-order valence-electron chi connectivity index (χ2n) is 4.39. The fraction of sp³-hybridized carbons (Fsp3) is 0.231. The van der Waals surface area contributed by atoms with Crippen LogP contribution in [0, 0.1) is 13.8 Å². The van der Waals surface area contributed by atoms with Crippen LogP contribution in [0.1, 0.15) is 11.3 Å². The average molecular weight is 305 g/mol. The molecule has 0 radical (unpaired) electrons. The third kappa shape index (κ3) is 3.60. The maximum atomic E-state index is 11.9. The zero-order chi connectivity index (χ0) is 15.4. The van der Waals surface area contributed by atoms with Gasteiger partial charge in [0.15, 0.2) is 0 Å². The molecule has 0 unspecified atom stereocenters. The van der Waals surface area contributed by atoms with Gasteiger partial charge in [-0.2, -0.15) is 4.68 Å². The van der Waals surface area contributed by atoms with Crippen molar-refractivity contribution in [2.75, 3.05) is 16.9 Å². The molecule has 7 nitrogen and oxygen atoms in total. The lowest BCUT2D eigenvalue weighted by Crippen LogP contribution is -2.32. The fourth-order valence-corrected chi connectivity index (χ4v) is 2.25. The summed E-state index contributed by atoms with van der Waals surface area (Å²) in [6, 6.07) is 7.47. The van der Waals surface area contributed by atoms with Crippen LogP contribution in [-0.4, -0.2) is 26.5 Å². The highest BCUT2D eigenvalue weighted by molar-refractivity contribution is 7.99. The maximum Gasteiger partial charge on any atom is 0.294 e. The monoisotopic (exact) mass is 305 g/mol. The quantitative estimate of drug-likeness (QED) is 0.636. The average Bonchev–Trinajstić information content (AvgIpc) is 2.46. The van der Waals surface area contributed by atoms with Crippen LogP contribution in [0.3, 0.4) is 0 Å². The Morgan fingerprint density at radius 2 is 2.05 bits per heavy atom. The van der Waals surface area contributed by atoms with Crippen molar-refractivity contribution >= 4 is 23.4 Å². The molecule has 0 aliphatic heterocycles. The first-order chi connectivity index (χ1) is 9.99. The van der Waals surface area contributed by atoms with Crippen molar-refractivity contribution in [2.45, 2.75) is 19.0 Å². The largest absolute Gasteiger partial charge is 0.334 e. The number of benzene rings is 1. The third-order valence-corrected chi connectivity index (χ3v) is 3.71. The molecular formula is C13H15N5O2S. The summed E-state index contributed by atoms with van der Waals surface area (Å²) in [6.07, 6.45) is 0. The Bertz CT molecular complexity index is 729. The zero-order valence-corrected chi connectivity index (χ0v) is 12.5. The summed E-state index contributed by atoms with van der Waals surface area (Å²) >= 11 is 1.06. The van der Waals surface area contributed by atoms with Crippen molar-refractivity contribution in [1.29, 1.82) is 0 Å². The summed E-state index contributed by atoms with van der Waals surface area (Å²) in [5.74, 6) is 5.48. The first-order valence-electron chi connectivity index (χ1n) is 6.18. The van der Waals surface area contributed by atoms with E-state index < -0.39 is 5.56 Å². The van der Waals surface area contributed by atoms with Crippen molar-refractivity contribution < 1.29 is 4.79 Å². The number of carbonyl (C=O) groups excluding carboxylic acids is 1. The number of nitrogens with zero attached hydrogens (tertiary/aromatic N) is 3. The highest BCUT2D eigenvalue weighted by Crippen LogP contribution is 2.15. The zero-order valence-electron chi connectivity index (χ0n) is 11.7. The van der Waals surface area contributed by atoms with E-state index in [1.165, 1.54) is 6.92 Å². The van der Waals surface area contributed by atoms with Gasteiger partial charge in [-0.3, -0.25) is 9.59 Å². The molecule has 2 rings (SSSR count). The number of nitrogen functional groups attached to an aromatic ring is 1. The van der Waals surface area contributed by atoms with E-state index in [9.17, 15) is 9.59 Å². The van der Waals surface area contributed by atoms with Crippen molar-refractivity contribution in [3.05, 3.63) is 45.9 Å². The number of rotatable bonds is 4. The molecule has 1 amide bonds. The van der Waals surface area contributed by atoms with Crippen LogP contribution in [0.5, 0.6) is 0 Å². The summed E-state index contributed by atoms with van der Waals surface area (Å²) < 4.78 is 0.897. The normalized spacial score (nSPS) is 10.4.